The van der Waals surface area contributed by atoms with Crippen LogP contribution in [-0.2, 0) is 6.42 Å². The Morgan fingerprint density at radius 1 is 1.24 bits per heavy atom. The summed E-state index contributed by atoms with van der Waals surface area (Å²) < 4.78 is 32.2. The predicted molar refractivity (Wildman–Crippen MR) is 64.1 cm³/mol. The van der Waals surface area contributed by atoms with E-state index in [4.69, 9.17) is 10.5 Å². The van der Waals surface area contributed by atoms with Crippen molar-refractivity contribution in [1.29, 1.82) is 0 Å². The van der Waals surface area contributed by atoms with E-state index in [9.17, 15) is 8.78 Å². The molecule has 96 valence electrons. The summed E-state index contributed by atoms with van der Waals surface area (Å²) in [7, 11) is 0. The largest absolute Gasteiger partial charge is 0.488 e. The molecular formula is C13H19F2NO. The second-order valence-electron chi connectivity index (χ2n) is 4.11. The van der Waals surface area contributed by atoms with E-state index < -0.39 is 11.6 Å². The number of rotatable bonds is 6. The summed E-state index contributed by atoms with van der Waals surface area (Å²) >= 11 is 0. The van der Waals surface area contributed by atoms with Crippen LogP contribution in [0.5, 0.6) is 5.75 Å². The smallest absolute Gasteiger partial charge is 0.190 e. The molecule has 0 aromatic heterocycles. The lowest BCUT2D eigenvalue weighted by molar-refractivity contribution is 0.284. The van der Waals surface area contributed by atoms with Crippen molar-refractivity contribution in [2.75, 3.05) is 6.61 Å². The summed E-state index contributed by atoms with van der Waals surface area (Å²) in [5, 5.41) is 0. The van der Waals surface area contributed by atoms with Crippen LogP contribution in [0.15, 0.2) is 12.1 Å². The Hall–Kier alpha value is -1.16. The molecule has 2 N–H and O–H groups in total. The molecule has 0 radical (unpaired) electrons. The maximum Gasteiger partial charge on any atom is 0.190 e. The van der Waals surface area contributed by atoms with Gasteiger partial charge in [0.1, 0.15) is 0 Å². The topological polar surface area (TPSA) is 35.2 Å². The summed E-state index contributed by atoms with van der Waals surface area (Å²) in [5.41, 5.74) is 6.32. The fourth-order valence-corrected chi connectivity index (χ4v) is 1.52. The second kappa shape index (κ2) is 6.55. The molecule has 1 unspecified atom stereocenters. The van der Waals surface area contributed by atoms with Crippen molar-refractivity contribution < 1.29 is 13.5 Å². The van der Waals surface area contributed by atoms with Crippen molar-refractivity contribution in [1.82, 2.24) is 0 Å². The monoisotopic (exact) mass is 243 g/mol. The lowest BCUT2D eigenvalue weighted by Crippen LogP contribution is -2.21. The molecule has 0 amide bonds. The maximum atomic E-state index is 13.6. The quantitative estimate of drug-likeness (QED) is 0.833. The van der Waals surface area contributed by atoms with Gasteiger partial charge in [-0.1, -0.05) is 13.8 Å². The lowest BCUT2D eigenvalue weighted by Gasteiger charge is -2.12. The van der Waals surface area contributed by atoms with E-state index in [1.54, 1.807) is 0 Å². The number of halogens is 2. The molecule has 0 aliphatic carbocycles. The average Bonchev–Trinajstić information content (AvgIpc) is 2.28. The molecule has 0 saturated heterocycles. The van der Waals surface area contributed by atoms with Gasteiger partial charge in [-0.3, -0.25) is 0 Å². The molecule has 0 aliphatic heterocycles. The van der Waals surface area contributed by atoms with Crippen LogP contribution in [0, 0.1) is 11.6 Å². The molecule has 1 rings (SSSR count). The Labute approximate surface area is 101 Å². The first-order valence-electron chi connectivity index (χ1n) is 5.94. The van der Waals surface area contributed by atoms with E-state index in [1.165, 1.54) is 12.1 Å². The zero-order valence-electron chi connectivity index (χ0n) is 10.3. The molecule has 0 fully saturated rings. The van der Waals surface area contributed by atoms with Gasteiger partial charge in [0, 0.05) is 6.04 Å². The SMILES string of the molecule is CCCOc1c(F)cc(CC(N)CC)cc1F. The van der Waals surface area contributed by atoms with Gasteiger partial charge in [0.25, 0.3) is 0 Å². The molecule has 0 saturated carbocycles. The molecule has 0 heterocycles. The van der Waals surface area contributed by atoms with Crippen LogP contribution in [-0.4, -0.2) is 12.6 Å². The van der Waals surface area contributed by atoms with Crippen LogP contribution in [0.25, 0.3) is 0 Å². The molecule has 0 aliphatic rings. The third-order valence-electron chi connectivity index (χ3n) is 2.53. The van der Waals surface area contributed by atoms with Crippen LogP contribution in [0.2, 0.25) is 0 Å². The molecule has 4 heteroatoms. The minimum atomic E-state index is -0.656. The van der Waals surface area contributed by atoms with Crippen molar-refractivity contribution in [3.05, 3.63) is 29.3 Å². The lowest BCUT2D eigenvalue weighted by atomic mass is 10.0. The fourth-order valence-electron chi connectivity index (χ4n) is 1.52. The Morgan fingerprint density at radius 3 is 2.29 bits per heavy atom. The van der Waals surface area contributed by atoms with Crippen LogP contribution >= 0.6 is 0 Å². The number of hydrogen-bond donors (Lipinski definition) is 1. The average molecular weight is 243 g/mol. The van der Waals surface area contributed by atoms with Crippen molar-refractivity contribution in [2.24, 2.45) is 5.73 Å². The minimum absolute atomic E-state index is 0.0730. The Bertz CT molecular complexity index is 345. The Morgan fingerprint density at radius 2 is 1.82 bits per heavy atom. The molecule has 1 atom stereocenters. The summed E-state index contributed by atoms with van der Waals surface area (Å²) in [6.07, 6.45) is 1.96. The summed E-state index contributed by atoms with van der Waals surface area (Å²) in [4.78, 5) is 0. The highest BCUT2D eigenvalue weighted by Gasteiger charge is 2.13. The van der Waals surface area contributed by atoms with Crippen LogP contribution in [0.3, 0.4) is 0 Å². The maximum absolute atomic E-state index is 13.6. The molecule has 0 bridgehead atoms. The molecular weight excluding hydrogens is 224 g/mol. The van der Waals surface area contributed by atoms with E-state index in [0.717, 1.165) is 6.42 Å². The van der Waals surface area contributed by atoms with E-state index in [-0.39, 0.29) is 11.8 Å². The van der Waals surface area contributed by atoms with Crippen LogP contribution < -0.4 is 10.5 Å². The number of benzene rings is 1. The third-order valence-corrected chi connectivity index (χ3v) is 2.53. The van der Waals surface area contributed by atoms with Crippen molar-refractivity contribution in [2.45, 2.75) is 39.2 Å². The third kappa shape index (κ3) is 3.97. The van der Waals surface area contributed by atoms with Gasteiger partial charge >= 0.3 is 0 Å². The Balaban J connectivity index is 2.85. The van der Waals surface area contributed by atoms with Gasteiger partial charge in [-0.15, -0.1) is 0 Å². The molecule has 0 spiro atoms. The van der Waals surface area contributed by atoms with Gasteiger partial charge in [0.2, 0.25) is 0 Å². The fraction of sp³-hybridized carbons (Fsp3) is 0.538. The first kappa shape index (κ1) is 13.9. The standard InChI is InChI=1S/C13H19F2NO/c1-3-5-17-13-11(14)7-9(8-12(13)15)6-10(16)4-2/h7-8,10H,3-6,16H2,1-2H3. The zero-order chi connectivity index (χ0) is 12.8. The first-order valence-corrected chi connectivity index (χ1v) is 5.94. The van der Waals surface area contributed by atoms with Crippen molar-refractivity contribution in [3.63, 3.8) is 0 Å². The molecule has 1 aromatic carbocycles. The van der Waals surface area contributed by atoms with Gasteiger partial charge in [-0.2, -0.15) is 0 Å². The highest BCUT2D eigenvalue weighted by atomic mass is 19.1. The van der Waals surface area contributed by atoms with Crippen LogP contribution in [0.4, 0.5) is 8.78 Å². The van der Waals surface area contributed by atoms with E-state index >= 15 is 0 Å². The molecule has 17 heavy (non-hydrogen) atoms. The van der Waals surface area contributed by atoms with E-state index in [0.29, 0.717) is 25.0 Å². The second-order valence-corrected chi connectivity index (χ2v) is 4.11. The van der Waals surface area contributed by atoms with E-state index in [2.05, 4.69) is 0 Å². The highest BCUT2D eigenvalue weighted by molar-refractivity contribution is 5.31. The van der Waals surface area contributed by atoms with Crippen molar-refractivity contribution in [3.8, 4) is 5.75 Å². The zero-order valence-corrected chi connectivity index (χ0v) is 10.3. The van der Waals surface area contributed by atoms with Crippen molar-refractivity contribution >= 4 is 0 Å². The number of hydrogen-bond acceptors (Lipinski definition) is 2. The first-order chi connectivity index (χ1) is 8.08. The van der Waals surface area contributed by atoms with Gasteiger partial charge in [-0.05, 0) is 37.0 Å². The minimum Gasteiger partial charge on any atom is -0.488 e. The van der Waals surface area contributed by atoms with Gasteiger partial charge < -0.3 is 10.5 Å². The number of ether oxygens (including phenoxy) is 1. The predicted octanol–water partition coefficient (Wildman–Crippen LogP) is 3.03. The highest BCUT2D eigenvalue weighted by Crippen LogP contribution is 2.24. The van der Waals surface area contributed by atoms with Gasteiger partial charge in [-0.25, -0.2) is 8.78 Å². The molecule has 2 nitrogen and oxygen atoms in total. The van der Waals surface area contributed by atoms with E-state index in [1.807, 2.05) is 13.8 Å². The Kier molecular flexibility index (Phi) is 5.35. The van der Waals surface area contributed by atoms with Gasteiger partial charge in [0.05, 0.1) is 6.61 Å². The normalized spacial score (nSPS) is 12.5. The summed E-state index contributed by atoms with van der Waals surface area (Å²) in [5.74, 6) is -1.60. The van der Waals surface area contributed by atoms with Gasteiger partial charge in [0.15, 0.2) is 17.4 Å². The summed E-state index contributed by atoms with van der Waals surface area (Å²) in [6, 6.07) is 2.52. The molecule has 1 aromatic rings. The number of nitrogens with two attached hydrogens (primary N) is 1. The summed E-state index contributed by atoms with van der Waals surface area (Å²) in [6.45, 7) is 4.13. The van der Waals surface area contributed by atoms with Crippen LogP contribution in [0.1, 0.15) is 32.3 Å².